The number of nitrogens with two attached hydrogens (primary N) is 1. The van der Waals surface area contributed by atoms with Crippen LogP contribution in [0.2, 0.25) is 0 Å². The van der Waals surface area contributed by atoms with Crippen LogP contribution in [0.4, 0.5) is 0 Å². The van der Waals surface area contributed by atoms with E-state index in [9.17, 15) is 4.79 Å². The smallest absolute Gasteiger partial charge is 0.225 e. The summed E-state index contributed by atoms with van der Waals surface area (Å²) in [5.41, 5.74) is 5.04. The van der Waals surface area contributed by atoms with E-state index in [1.165, 1.54) is 0 Å². The number of amides is 1. The summed E-state index contributed by atoms with van der Waals surface area (Å²) in [4.78, 5) is 13.7. The number of hydrogen-bond acceptors (Lipinski definition) is 3. The first-order valence-corrected chi connectivity index (χ1v) is 5.50. The summed E-state index contributed by atoms with van der Waals surface area (Å²) in [5, 5.41) is 0. The average molecular weight is 216 g/mol. The van der Waals surface area contributed by atoms with Crippen LogP contribution in [0.1, 0.15) is 33.6 Å². The minimum absolute atomic E-state index is 0.137. The Kier molecular flexibility index (Phi) is 6.52. The second-order valence-corrected chi connectivity index (χ2v) is 4.26. The van der Waals surface area contributed by atoms with E-state index in [4.69, 9.17) is 10.5 Å². The van der Waals surface area contributed by atoms with Crippen molar-refractivity contribution >= 4 is 5.91 Å². The van der Waals surface area contributed by atoms with Gasteiger partial charge in [-0.15, -0.1) is 0 Å². The maximum atomic E-state index is 11.9. The predicted molar refractivity (Wildman–Crippen MR) is 61.6 cm³/mol. The molecule has 1 amide bonds. The number of ether oxygens (including phenoxy) is 1. The molecule has 0 saturated carbocycles. The van der Waals surface area contributed by atoms with Gasteiger partial charge < -0.3 is 15.4 Å². The maximum Gasteiger partial charge on any atom is 0.225 e. The molecule has 0 saturated heterocycles. The van der Waals surface area contributed by atoms with Crippen molar-refractivity contribution in [2.75, 3.05) is 26.7 Å². The van der Waals surface area contributed by atoms with Crippen molar-refractivity contribution in [3.05, 3.63) is 0 Å². The quantitative estimate of drug-likeness (QED) is 0.690. The Balaban J connectivity index is 4.15. The monoisotopic (exact) mass is 216 g/mol. The zero-order valence-electron chi connectivity index (χ0n) is 10.4. The van der Waals surface area contributed by atoms with Gasteiger partial charge in [0.15, 0.2) is 0 Å². The highest BCUT2D eigenvalue weighted by Gasteiger charge is 2.23. The van der Waals surface area contributed by atoms with Crippen LogP contribution in [-0.2, 0) is 9.53 Å². The van der Waals surface area contributed by atoms with Crippen molar-refractivity contribution in [1.82, 2.24) is 4.90 Å². The molecule has 2 N–H and O–H groups in total. The van der Waals surface area contributed by atoms with Crippen LogP contribution in [0.5, 0.6) is 0 Å². The van der Waals surface area contributed by atoms with E-state index in [1.807, 2.05) is 25.7 Å². The number of carbonyl (C=O) groups is 1. The van der Waals surface area contributed by atoms with E-state index in [-0.39, 0.29) is 11.5 Å². The summed E-state index contributed by atoms with van der Waals surface area (Å²) >= 11 is 0. The molecule has 0 bridgehead atoms. The van der Waals surface area contributed by atoms with Crippen molar-refractivity contribution in [3.8, 4) is 0 Å². The Morgan fingerprint density at radius 3 is 2.47 bits per heavy atom. The summed E-state index contributed by atoms with van der Waals surface area (Å²) in [5.74, 6) is 0.137. The zero-order chi connectivity index (χ0) is 11.9. The average Bonchev–Trinajstić information content (AvgIpc) is 2.18. The van der Waals surface area contributed by atoms with Crippen molar-refractivity contribution in [1.29, 1.82) is 0 Å². The van der Waals surface area contributed by atoms with Gasteiger partial charge in [0.1, 0.15) is 0 Å². The summed E-state index contributed by atoms with van der Waals surface area (Å²) in [6, 6.07) is 0. The molecule has 0 aliphatic rings. The zero-order valence-corrected chi connectivity index (χ0v) is 10.4. The molecule has 0 aromatic carbocycles. The molecule has 0 aromatic heterocycles. The third-order valence-electron chi connectivity index (χ3n) is 2.50. The standard InChI is InChI=1S/C11H24N2O2/c1-5-13(8-6-7-12)10(14)9-11(2,3)15-4/h5-9,12H2,1-4H3. The normalized spacial score (nSPS) is 11.5. The predicted octanol–water partition coefficient (Wildman–Crippen LogP) is 0.999. The highest BCUT2D eigenvalue weighted by atomic mass is 16.5. The van der Waals surface area contributed by atoms with E-state index >= 15 is 0 Å². The van der Waals surface area contributed by atoms with Gasteiger partial charge in [-0.05, 0) is 33.7 Å². The van der Waals surface area contributed by atoms with Crippen LogP contribution < -0.4 is 5.73 Å². The molecule has 0 spiro atoms. The van der Waals surface area contributed by atoms with Crippen LogP contribution in [0, 0.1) is 0 Å². The first kappa shape index (κ1) is 14.4. The van der Waals surface area contributed by atoms with Gasteiger partial charge in [0, 0.05) is 20.2 Å². The fourth-order valence-corrected chi connectivity index (χ4v) is 1.29. The maximum absolute atomic E-state index is 11.9. The Labute approximate surface area is 92.8 Å². The molecular formula is C11H24N2O2. The molecule has 4 heteroatoms. The number of carbonyl (C=O) groups excluding carboxylic acids is 1. The minimum Gasteiger partial charge on any atom is -0.378 e. The lowest BCUT2D eigenvalue weighted by Crippen LogP contribution is -2.38. The lowest BCUT2D eigenvalue weighted by Gasteiger charge is -2.27. The number of rotatable bonds is 7. The Bertz CT molecular complexity index is 193. The van der Waals surface area contributed by atoms with E-state index in [0.717, 1.165) is 19.5 Å². The largest absolute Gasteiger partial charge is 0.378 e. The molecule has 0 aliphatic carbocycles. The molecular weight excluding hydrogens is 192 g/mol. The molecule has 0 unspecified atom stereocenters. The third kappa shape index (κ3) is 5.74. The van der Waals surface area contributed by atoms with Gasteiger partial charge >= 0.3 is 0 Å². The Morgan fingerprint density at radius 1 is 1.47 bits per heavy atom. The van der Waals surface area contributed by atoms with Gasteiger partial charge in [0.05, 0.1) is 12.0 Å². The van der Waals surface area contributed by atoms with Crippen LogP contribution in [0.3, 0.4) is 0 Å². The van der Waals surface area contributed by atoms with Crippen molar-refractivity contribution in [2.24, 2.45) is 5.73 Å². The molecule has 0 fully saturated rings. The minimum atomic E-state index is -0.382. The molecule has 0 radical (unpaired) electrons. The second kappa shape index (κ2) is 6.80. The summed E-state index contributed by atoms with van der Waals surface area (Å²) in [6.45, 7) is 7.92. The van der Waals surface area contributed by atoms with Crippen molar-refractivity contribution in [3.63, 3.8) is 0 Å². The highest BCUT2D eigenvalue weighted by Crippen LogP contribution is 2.14. The van der Waals surface area contributed by atoms with Crippen molar-refractivity contribution in [2.45, 2.75) is 39.2 Å². The molecule has 0 aliphatic heterocycles. The highest BCUT2D eigenvalue weighted by molar-refractivity contribution is 5.77. The summed E-state index contributed by atoms with van der Waals surface area (Å²) < 4.78 is 5.24. The third-order valence-corrected chi connectivity index (χ3v) is 2.50. The van der Waals surface area contributed by atoms with Gasteiger partial charge in [-0.1, -0.05) is 0 Å². The lowest BCUT2D eigenvalue weighted by molar-refractivity contribution is -0.136. The molecule has 0 atom stereocenters. The molecule has 0 rings (SSSR count). The molecule has 0 heterocycles. The number of hydrogen-bond donors (Lipinski definition) is 1. The van der Waals surface area contributed by atoms with E-state index in [1.54, 1.807) is 7.11 Å². The van der Waals surface area contributed by atoms with Gasteiger partial charge in [-0.2, -0.15) is 0 Å². The van der Waals surface area contributed by atoms with Crippen LogP contribution >= 0.6 is 0 Å². The van der Waals surface area contributed by atoms with Gasteiger partial charge in [-0.3, -0.25) is 4.79 Å². The van der Waals surface area contributed by atoms with Crippen molar-refractivity contribution < 1.29 is 9.53 Å². The van der Waals surface area contributed by atoms with Crippen LogP contribution in [0.25, 0.3) is 0 Å². The fourth-order valence-electron chi connectivity index (χ4n) is 1.29. The Morgan fingerprint density at radius 2 is 2.07 bits per heavy atom. The molecule has 90 valence electrons. The first-order chi connectivity index (χ1) is 6.96. The van der Waals surface area contributed by atoms with E-state index in [0.29, 0.717) is 13.0 Å². The topological polar surface area (TPSA) is 55.6 Å². The first-order valence-electron chi connectivity index (χ1n) is 5.50. The SMILES string of the molecule is CCN(CCCN)C(=O)CC(C)(C)OC. The summed E-state index contributed by atoms with van der Waals surface area (Å²) in [7, 11) is 1.63. The molecule has 4 nitrogen and oxygen atoms in total. The molecule has 15 heavy (non-hydrogen) atoms. The van der Waals surface area contributed by atoms with Crippen LogP contribution in [-0.4, -0.2) is 43.2 Å². The van der Waals surface area contributed by atoms with Gasteiger partial charge in [0.2, 0.25) is 5.91 Å². The van der Waals surface area contributed by atoms with Crippen LogP contribution in [0.15, 0.2) is 0 Å². The number of methoxy groups -OCH3 is 1. The second-order valence-electron chi connectivity index (χ2n) is 4.26. The Hall–Kier alpha value is -0.610. The summed E-state index contributed by atoms with van der Waals surface area (Å²) in [6.07, 6.45) is 1.27. The fraction of sp³-hybridized carbons (Fsp3) is 0.909. The van der Waals surface area contributed by atoms with E-state index in [2.05, 4.69) is 0 Å². The van der Waals surface area contributed by atoms with Gasteiger partial charge in [-0.25, -0.2) is 0 Å². The number of nitrogens with zero attached hydrogens (tertiary/aromatic N) is 1. The van der Waals surface area contributed by atoms with E-state index < -0.39 is 0 Å². The molecule has 0 aromatic rings. The van der Waals surface area contributed by atoms with Gasteiger partial charge in [0.25, 0.3) is 0 Å². The lowest BCUT2D eigenvalue weighted by atomic mass is 10.0.